The lowest BCUT2D eigenvalue weighted by Gasteiger charge is -2.20. The molecule has 4 heteroatoms. The zero-order valence-electron chi connectivity index (χ0n) is 12.0. The number of benzene rings is 1. The average molecular weight is 354 g/mol. The summed E-state index contributed by atoms with van der Waals surface area (Å²) in [6.45, 7) is 4.90. The Labute approximate surface area is 133 Å². The van der Waals surface area contributed by atoms with Crippen LogP contribution in [0.25, 0.3) is 0 Å². The van der Waals surface area contributed by atoms with Crippen LogP contribution in [0.15, 0.2) is 22.7 Å². The molecule has 1 aromatic carbocycles. The third-order valence-electron chi connectivity index (χ3n) is 4.11. The molecular weight excluding hydrogens is 334 g/mol. The number of thioether (sulfide) groups is 1. The molecule has 1 aliphatic carbocycles. The van der Waals surface area contributed by atoms with Gasteiger partial charge in [-0.1, -0.05) is 22.0 Å². The highest BCUT2D eigenvalue weighted by Crippen LogP contribution is 2.43. The van der Waals surface area contributed by atoms with E-state index in [1.807, 2.05) is 24.8 Å². The highest BCUT2D eigenvalue weighted by Gasteiger charge is 2.43. The maximum absolute atomic E-state index is 12.6. The summed E-state index contributed by atoms with van der Waals surface area (Å²) < 4.78 is 1.04. The van der Waals surface area contributed by atoms with E-state index in [2.05, 4.69) is 39.8 Å². The predicted octanol–water partition coefficient (Wildman–Crippen LogP) is 4.36. The molecule has 0 saturated heterocycles. The van der Waals surface area contributed by atoms with Gasteiger partial charge in [0.25, 0.3) is 0 Å². The number of carbonyl (C=O) groups is 1. The van der Waals surface area contributed by atoms with Crippen LogP contribution >= 0.6 is 27.7 Å². The summed E-state index contributed by atoms with van der Waals surface area (Å²) in [6, 6.07) is 6.19. The fraction of sp³-hybridized carbons (Fsp3) is 0.562. The van der Waals surface area contributed by atoms with Crippen molar-refractivity contribution in [3.05, 3.63) is 28.2 Å². The van der Waals surface area contributed by atoms with Crippen molar-refractivity contribution >= 4 is 39.3 Å². The Morgan fingerprint density at radius 3 is 2.85 bits per heavy atom. The molecule has 0 aromatic heterocycles. The molecule has 1 amide bonds. The predicted molar refractivity (Wildman–Crippen MR) is 89.6 cm³/mol. The Kier molecular flexibility index (Phi) is 3.89. The fourth-order valence-corrected chi connectivity index (χ4v) is 4.20. The van der Waals surface area contributed by atoms with Crippen molar-refractivity contribution in [3.63, 3.8) is 0 Å². The zero-order valence-corrected chi connectivity index (χ0v) is 14.4. The summed E-state index contributed by atoms with van der Waals surface area (Å²) in [5.74, 6) is 1.40. The first-order valence-corrected chi connectivity index (χ1v) is 9.08. The second-order valence-corrected chi connectivity index (χ2v) is 8.49. The third kappa shape index (κ3) is 2.64. The molecule has 0 spiro atoms. The minimum Gasteiger partial charge on any atom is -0.311 e. The van der Waals surface area contributed by atoms with E-state index in [0.29, 0.717) is 0 Å². The van der Waals surface area contributed by atoms with Gasteiger partial charge in [-0.3, -0.25) is 4.79 Å². The van der Waals surface area contributed by atoms with Crippen molar-refractivity contribution < 1.29 is 4.79 Å². The maximum Gasteiger partial charge on any atom is 0.237 e. The normalized spacial score (nSPS) is 20.4. The van der Waals surface area contributed by atoms with E-state index >= 15 is 0 Å². The van der Waals surface area contributed by atoms with Crippen LogP contribution in [0.1, 0.15) is 38.7 Å². The number of hydrogen-bond acceptors (Lipinski definition) is 2. The Hall–Kier alpha value is -0.480. The van der Waals surface area contributed by atoms with Crippen LogP contribution in [-0.2, 0) is 10.2 Å². The van der Waals surface area contributed by atoms with Crippen LogP contribution in [0, 0.1) is 0 Å². The van der Waals surface area contributed by atoms with Gasteiger partial charge in [0.2, 0.25) is 5.91 Å². The number of anilines is 1. The SMILES string of the molecule is CC1(C)C(=O)N(CCCSC2CC2)c2cc(Br)ccc21. The van der Waals surface area contributed by atoms with Crippen molar-refractivity contribution in [2.75, 3.05) is 17.2 Å². The highest BCUT2D eigenvalue weighted by atomic mass is 79.9. The van der Waals surface area contributed by atoms with E-state index in [1.54, 1.807) is 0 Å². The molecular formula is C16H20BrNOS. The molecule has 2 nitrogen and oxygen atoms in total. The lowest BCUT2D eigenvalue weighted by molar-refractivity contribution is -0.122. The number of hydrogen-bond donors (Lipinski definition) is 0. The van der Waals surface area contributed by atoms with E-state index in [-0.39, 0.29) is 11.3 Å². The number of halogens is 1. The summed E-state index contributed by atoms with van der Waals surface area (Å²) in [7, 11) is 0. The van der Waals surface area contributed by atoms with E-state index in [9.17, 15) is 4.79 Å². The minimum absolute atomic E-state index is 0.238. The Balaban J connectivity index is 1.73. The number of rotatable bonds is 5. The Bertz CT molecular complexity index is 539. The molecule has 1 aliphatic heterocycles. The van der Waals surface area contributed by atoms with Crippen molar-refractivity contribution in [3.8, 4) is 0 Å². The Morgan fingerprint density at radius 1 is 1.40 bits per heavy atom. The molecule has 1 saturated carbocycles. The molecule has 2 aliphatic rings. The largest absolute Gasteiger partial charge is 0.311 e. The third-order valence-corrected chi connectivity index (χ3v) is 6.07. The quantitative estimate of drug-likeness (QED) is 0.733. The lowest BCUT2D eigenvalue weighted by Crippen LogP contribution is -2.36. The summed E-state index contributed by atoms with van der Waals surface area (Å²) >= 11 is 5.58. The fourth-order valence-electron chi connectivity index (χ4n) is 2.75. The molecule has 108 valence electrons. The summed E-state index contributed by atoms with van der Waals surface area (Å²) in [5.41, 5.74) is 1.85. The minimum atomic E-state index is -0.389. The van der Waals surface area contributed by atoms with E-state index in [0.717, 1.165) is 39.7 Å². The molecule has 0 N–H and O–H groups in total. The molecule has 0 radical (unpaired) electrons. The standard InChI is InChI=1S/C16H20BrNOS/c1-16(2)13-7-4-11(17)10-14(13)18(15(16)19)8-3-9-20-12-5-6-12/h4,7,10,12H,3,5-6,8-9H2,1-2H3. The summed E-state index contributed by atoms with van der Waals surface area (Å²) in [5, 5.41) is 0.905. The second kappa shape index (κ2) is 5.38. The lowest BCUT2D eigenvalue weighted by atomic mass is 9.86. The molecule has 0 bridgehead atoms. The van der Waals surface area contributed by atoms with Gasteiger partial charge in [0.1, 0.15) is 0 Å². The molecule has 20 heavy (non-hydrogen) atoms. The highest BCUT2D eigenvalue weighted by molar-refractivity contribution is 9.10. The van der Waals surface area contributed by atoms with Crippen molar-refractivity contribution in [2.45, 2.75) is 43.8 Å². The van der Waals surface area contributed by atoms with E-state index in [1.165, 1.54) is 12.8 Å². The molecule has 1 fully saturated rings. The van der Waals surface area contributed by atoms with Gasteiger partial charge >= 0.3 is 0 Å². The Morgan fingerprint density at radius 2 is 2.15 bits per heavy atom. The van der Waals surface area contributed by atoms with Crippen molar-refractivity contribution in [2.24, 2.45) is 0 Å². The number of carbonyl (C=O) groups excluding carboxylic acids is 1. The number of nitrogens with zero attached hydrogens (tertiary/aromatic N) is 1. The first kappa shape index (κ1) is 14.5. The molecule has 1 aromatic rings. The molecule has 0 unspecified atom stereocenters. The van der Waals surface area contributed by atoms with Crippen LogP contribution < -0.4 is 4.90 Å². The first-order valence-electron chi connectivity index (χ1n) is 7.24. The smallest absolute Gasteiger partial charge is 0.237 e. The topological polar surface area (TPSA) is 20.3 Å². The molecule has 1 heterocycles. The van der Waals surface area contributed by atoms with Gasteiger partial charge in [-0.15, -0.1) is 0 Å². The number of amides is 1. The van der Waals surface area contributed by atoms with Gasteiger partial charge in [-0.05, 0) is 56.6 Å². The average Bonchev–Trinajstić information content (AvgIpc) is 3.19. The van der Waals surface area contributed by atoms with Gasteiger partial charge in [0.05, 0.1) is 5.41 Å². The summed E-state index contributed by atoms with van der Waals surface area (Å²) in [6.07, 6.45) is 3.85. The van der Waals surface area contributed by atoms with Gasteiger partial charge in [-0.25, -0.2) is 0 Å². The van der Waals surface area contributed by atoms with Gasteiger partial charge in [0, 0.05) is 22.0 Å². The monoisotopic (exact) mass is 353 g/mol. The van der Waals surface area contributed by atoms with Crippen LogP contribution in [0.4, 0.5) is 5.69 Å². The van der Waals surface area contributed by atoms with Gasteiger partial charge in [-0.2, -0.15) is 11.8 Å². The van der Waals surface area contributed by atoms with Gasteiger partial charge in [0.15, 0.2) is 0 Å². The zero-order chi connectivity index (χ0) is 14.3. The van der Waals surface area contributed by atoms with Crippen LogP contribution in [-0.4, -0.2) is 23.5 Å². The van der Waals surface area contributed by atoms with Crippen LogP contribution in [0.3, 0.4) is 0 Å². The second-order valence-electron chi connectivity index (χ2n) is 6.17. The van der Waals surface area contributed by atoms with Crippen molar-refractivity contribution in [1.82, 2.24) is 0 Å². The molecule has 0 atom stereocenters. The number of fused-ring (bicyclic) bond motifs is 1. The summed E-state index contributed by atoms with van der Waals surface area (Å²) in [4.78, 5) is 14.6. The van der Waals surface area contributed by atoms with E-state index in [4.69, 9.17) is 0 Å². The molecule has 3 rings (SSSR count). The van der Waals surface area contributed by atoms with Crippen LogP contribution in [0.2, 0.25) is 0 Å². The first-order chi connectivity index (χ1) is 9.50. The van der Waals surface area contributed by atoms with E-state index < -0.39 is 0 Å². The maximum atomic E-state index is 12.6. The van der Waals surface area contributed by atoms with Crippen molar-refractivity contribution in [1.29, 1.82) is 0 Å². The van der Waals surface area contributed by atoms with Crippen LogP contribution in [0.5, 0.6) is 0 Å². The van der Waals surface area contributed by atoms with Gasteiger partial charge < -0.3 is 4.90 Å².